The summed E-state index contributed by atoms with van der Waals surface area (Å²) < 4.78 is 36.5. The highest BCUT2D eigenvalue weighted by atomic mass is 32.2. The van der Waals surface area contributed by atoms with Crippen LogP contribution in [-0.4, -0.2) is 50.0 Å². The summed E-state index contributed by atoms with van der Waals surface area (Å²) in [6, 6.07) is 3.87. The van der Waals surface area contributed by atoms with E-state index in [0.29, 0.717) is 4.47 Å². The van der Waals surface area contributed by atoms with Crippen molar-refractivity contribution < 1.29 is 37.1 Å². The van der Waals surface area contributed by atoms with Gasteiger partial charge in [-0.25, -0.2) is 8.42 Å². The Hall–Kier alpha value is -2.43. The number of carbonyl (C=O) groups is 2. The Labute approximate surface area is 143 Å². The molecule has 0 aliphatic rings. The molecule has 1 N–H and O–H groups in total. The molecule has 2 rings (SSSR count). The first kappa shape index (κ1) is 18.9. The average Bonchev–Trinajstić information content (AvgIpc) is 2.98. The third-order valence-electron chi connectivity index (χ3n) is 3.26. The number of carboxylic acid groups (broad SMARTS) is 1. The second kappa shape index (κ2) is 7.21. The standard InChI is InChI=1S/C15H17NO8S/c1-4-23-16(8-14(18)19)25(20,21)13-6-5-11(22-3)15-10(13)7-12(24-15)9(2)17/h5-7H,4,8H2,1-3H3,(H,18,19). The zero-order chi connectivity index (χ0) is 18.8. The Kier molecular flexibility index (Phi) is 5.45. The van der Waals surface area contributed by atoms with Crippen molar-refractivity contribution >= 4 is 32.7 Å². The Balaban J connectivity index is 2.69. The molecule has 1 heterocycles. The van der Waals surface area contributed by atoms with Gasteiger partial charge in [-0.05, 0) is 25.1 Å². The quantitative estimate of drug-likeness (QED) is 0.549. The summed E-state index contributed by atoms with van der Waals surface area (Å²) in [6.07, 6.45) is 0. The van der Waals surface area contributed by atoms with Crippen LogP contribution in [-0.2, 0) is 19.7 Å². The van der Waals surface area contributed by atoms with E-state index < -0.39 is 28.3 Å². The van der Waals surface area contributed by atoms with Gasteiger partial charge in [0.05, 0.1) is 18.6 Å². The highest BCUT2D eigenvalue weighted by Gasteiger charge is 2.31. The first-order chi connectivity index (χ1) is 11.7. The van der Waals surface area contributed by atoms with Gasteiger partial charge in [-0.1, -0.05) is 4.47 Å². The van der Waals surface area contributed by atoms with Crippen molar-refractivity contribution in [1.82, 2.24) is 4.47 Å². The largest absolute Gasteiger partial charge is 0.493 e. The maximum atomic E-state index is 12.8. The van der Waals surface area contributed by atoms with Gasteiger partial charge in [-0.2, -0.15) is 0 Å². The summed E-state index contributed by atoms with van der Waals surface area (Å²) in [5, 5.41) is 9.02. The van der Waals surface area contributed by atoms with Crippen LogP contribution in [0.5, 0.6) is 5.75 Å². The molecule has 10 heteroatoms. The number of aliphatic carboxylic acids is 1. The lowest BCUT2D eigenvalue weighted by Crippen LogP contribution is -2.35. The normalized spacial score (nSPS) is 11.8. The van der Waals surface area contributed by atoms with Crippen molar-refractivity contribution in [2.75, 3.05) is 20.3 Å². The van der Waals surface area contributed by atoms with Gasteiger partial charge >= 0.3 is 5.97 Å². The van der Waals surface area contributed by atoms with Crippen LogP contribution in [0.2, 0.25) is 0 Å². The number of carboxylic acids is 1. The van der Waals surface area contributed by atoms with Crippen molar-refractivity contribution in [3.8, 4) is 5.75 Å². The number of furan rings is 1. The van der Waals surface area contributed by atoms with E-state index in [0.717, 1.165) is 0 Å². The maximum absolute atomic E-state index is 12.8. The fraction of sp³-hybridized carbons (Fsp3) is 0.333. The van der Waals surface area contributed by atoms with Gasteiger partial charge in [0, 0.05) is 12.3 Å². The van der Waals surface area contributed by atoms with Crippen LogP contribution in [0.25, 0.3) is 11.0 Å². The van der Waals surface area contributed by atoms with Crippen LogP contribution in [0.3, 0.4) is 0 Å². The van der Waals surface area contributed by atoms with Gasteiger partial charge in [0.15, 0.2) is 22.9 Å². The number of hydrogen-bond acceptors (Lipinski definition) is 7. The minimum Gasteiger partial charge on any atom is -0.493 e. The van der Waals surface area contributed by atoms with Crippen LogP contribution in [0.4, 0.5) is 0 Å². The highest BCUT2D eigenvalue weighted by molar-refractivity contribution is 7.89. The molecule has 0 aliphatic carbocycles. The Bertz CT molecular complexity index is 915. The second-order valence-electron chi connectivity index (χ2n) is 4.95. The number of rotatable bonds is 8. The first-order valence-electron chi connectivity index (χ1n) is 7.21. The van der Waals surface area contributed by atoms with E-state index in [-0.39, 0.29) is 34.0 Å². The minimum atomic E-state index is -4.32. The van der Waals surface area contributed by atoms with Crippen LogP contribution in [0.15, 0.2) is 27.5 Å². The summed E-state index contributed by atoms with van der Waals surface area (Å²) >= 11 is 0. The molecule has 0 saturated carbocycles. The van der Waals surface area contributed by atoms with E-state index in [1.54, 1.807) is 0 Å². The summed E-state index contributed by atoms with van der Waals surface area (Å²) in [7, 11) is -2.95. The van der Waals surface area contributed by atoms with Crippen molar-refractivity contribution in [2.45, 2.75) is 18.7 Å². The number of ketones is 1. The first-order valence-corrected chi connectivity index (χ1v) is 8.65. The molecule has 0 atom stereocenters. The molecule has 0 saturated heterocycles. The van der Waals surface area contributed by atoms with E-state index in [2.05, 4.69) is 0 Å². The van der Waals surface area contributed by atoms with Crippen LogP contribution in [0.1, 0.15) is 24.4 Å². The van der Waals surface area contributed by atoms with Crippen molar-refractivity contribution in [3.63, 3.8) is 0 Å². The minimum absolute atomic E-state index is 0.0443. The van der Waals surface area contributed by atoms with Gasteiger partial charge in [-0.15, -0.1) is 0 Å². The number of nitrogens with zero attached hydrogens (tertiary/aromatic N) is 1. The summed E-state index contributed by atoms with van der Waals surface area (Å²) in [4.78, 5) is 27.2. The van der Waals surface area contributed by atoms with Gasteiger partial charge in [0.1, 0.15) is 6.54 Å². The molecule has 0 unspecified atom stereocenters. The van der Waals surface area contributed by atoms with E-state index in [4.69, 9.17) is 19.1 Å². The Morgan fingerprint density at radius 1 is 1.32 bits per heavy atom. The zero-order valence-corrected chi connectivity index (χ0v) is 14.6. The number of ether oxygens (including phenoxy) is 1. The topological polar surface area (TPSA) is 123 Å². The molecule has 0 radical (unpaired) electrons. The summed E-state index contributed by atoms with van der Waals surface area (Å²) in [6.45, 7) is 1.88. The van der Waals surface area contributed by atoms with Gasteiger partial charge in [0.2, 0.25) is 0 Å². The summed E-state index contributed by atoms with van der Waals surface area (Å²) in [5.41, 5.74) is 0.0700. The number of benzene rings is 1. The lowest BCUT2D eigenvalue weighted by atomic mass is 10.2. The monoisotopic (exact) mass is 371 g/mol. The molecule has 0 bridgehead atoms. The summed E-state index contributed by atoms with van der Waals surface area (Å²) in [5.74, 6) is -1.58. The average molecular weight is 371 g/mol. The second-order valence-corrected chi connectivity index (χ2v) is 6.75. The molecule has 2 aromatic rings. The number of Topliss-reactive ketones (excluding diaryl/α,β-unsaturated/α-hetero) is 1. The number of hydroxylamine groups is 1. The molecule has 1 aromatic carbocycles. The van der Waals surface area contributed by atoms with Crippen molar-refractivity contribution in [3.05, 3.63) is 24.0 Å². The van der Waals surface area contributed by atoms with E-state index in [9.17, 15) is 18.0 Å². The molecule has 0 amide bonds. The third-order valence-corrected chi connectivity index (χ3v) is 4.94. The number of hydrogen-bond donors (Lipinski definition) is 1. The molecule has 25 heavy (non-hydrogen) atoms. The van der Waals surface area contributed by atoms with Gasteiger partial charge in [0.25, 0.3) is 10.0 Å². The highest BCUT2D eigenvalue weighted by Crippen LogP contribution is 2.35. The van der Waals surface area contributed by atoms with Crippen LogP contribution in [0, 0.1) is 0 Å². The smallest absolute Gasteiger partial charge is 0.321 e. The molecule has 136 valence electrons. The molecular formula is C15H17NO8S. The molecule has 1 aromatic heterocycles. The maximum Gasteiger partial charge on any atom is 0.321 e. The fourth-order valence-electron chi connectivity index (χ4n) is 2.20. The van der Waals surface area contributed by atoms with Gasteiger partial charge < -0.3 is 14.3 Å². The predicted molar refractivity (Wildman–Crippen MR) is 85.9 cm³/mol. The molecule has 0 aliphatic heterocycles. The van der Waals surface area contributed by atoms with Crippen molar-refractivity contribution in [2.24, 2.45) is 0 Å². The molecule has 0 spiro atoms. The number of sulfonamides is 1. The number of carbonyl (C=O) groups excluding carboxylic acids is 1. The number of methoxy groups -OCH3 is 1. The van der Waals surface area contributed by atoms with Gasteiger partial charge in [-0.3, -0.25) is 14.4 Å². The molecule has 0 fully saturated rings. The van der Waals surface area contributed by atoms with E-state index in [1.165, 1.54) is 39.2 Å². The lowest BCUT2D eigenvalue weighted by Gasteiger charge is -2.19. The fourth-order valence-corrected chi connectivity index (χ4v) is 3.61. The molecular weight excluding hydrogens is 354 g/mol. The Morgan fingerprint density at radius 2 is 2.00 bits per heavy atom. The molecule has 9 nitrogen and oxygen atoms in total. The zero-order valence-electron chi connectivity index (χ0n) is 13.8. The SMILES string of the molecule is CCON(CC(=O)O)S(=O)(=O)c1ccc(OC)c2oc(C(C)=O)cc12. The van der Waals surface area contributed by atoms with Crippen LogP contribution < -0.4 is 4.74 Å². The predicted octanol–water partition coefficient (Wildman–Crippen LogP) is 1.67. The lowest BCUT2D eigenvalue weighted by molar-refractivity contribution is -0.148. The Morgan fingerprint density at radius 3 is 2.52 bits per heavy atom. The number of fused-ring (bicyclic) bond motifs is 1. The van der Waals surface area contributed by atoms with Crippen molar-refractivity contribution in [1.29, 1.82) is 0 Å². The van der Waals surface area contributed by atoms with Crippen LogP contribution >= 0.6 is 0 Å². The van der Waals surface area contributed by atoms with E-state index >= 15 is 0 Å². The van der Waals surface area contributed by atoms with E-state index in [1.807, 2.05) is 0 Å². The third kappa shape index (κ3) is 3.65.